The quantitative estimate of drug-likeness (QED) is 0.213. The van der Waals surface area contributed by atoms with Crippen LogP contribution in [0.25, 0.3) is 22.0 Å². The predicted octanol–water partition coefficient (Wildman–Crippen LogP) is 5.75. The Morgan fingerprint density at radius 2 is 1.93 bits per heavy atom. The van der Waals surface area contributed by atoms with Gasteiger partial charge in [0.05, 0.1) is 10.5 Å². The predicted molar refractivity (Wildman–Crippen MR) is 160 cm³/mol. The maximum Gasteiger partial charge on any atom is 0.248 e. The number of pyridine rings is 1. The number of ketones is 1. The van der Waals surface area contributed by atoms with Crippen molar-refractivity contribution in [2.24, 2.45) is 5.41 Å². The third-order valence-electron chi connectivity index (χ3n) is 7.82. The number of benzene rings is 1. The van der Waals surface area contributed by atoms with E-state index in [1.807, 2.05) is 19.1 Å². The molecule has 1 aliphatic carbocycles. The molecule has 1 saturated heterocycles. The first-order chi connectivity index (χ1) is 20.2. The van der Waals surface area contributed by atoms with E-state index in [-0.39, 0.29) is 29.6 Å². The van der Waals surface area contributed by atoms with Gasteiger partial charge < -0.3 is 14.8 Å². The fourth-order valence-electron chi connectivity index (χ4n) is 5.74. The maximum atomic E-state index is 14.0. The van der Waals surface area contributed by atoms with Gasteiger partial charge in [-0.05, 0) is 90.3 Å². The lowest BCUT2D eigenvalue weighted by Crippen LogP contribution is -2.46. The number of halogens is 2. The zero-order valence-electron chi connectivity index (χ0n) is 24.8. The maximum absolute atomic E-state index is 14.0. The smallest absolute Gasteiger partial charge is 0.248 e. The van der Waals surface area contributed by atoms with E-state index in [9.17, 15) is 14.4 Å². The normalized spacial score (nSPS) is 23.1. The molecule has 0 radical (unpaired) electrons. The number of amides is 2. The molecule has 4 aromatic rings. The minimum absolute atomic E-state index is 0.148. The standard InChI is InChI=1S/C30H28BrClN6O3/c1-15-7-18(19-11-33-17(3)34-12-19)8-20-21(16(2)39)13-37(27(15)20)14-26(40)38-23(9-30(4)10-24(30)38)29(41)36-28-22(32)5-6-25(31)35-28/h5-8,11-13,23-24H,9-10,14H2,1-4H3,(H,35,36,41)/t23-,24+,30-/m0/s1/i10D2. The van der Waals surface area contributed by atoms with E-state index in [0.717, 1.165) is 16.7 Å². The summed E-state index contributed by atoms with van der Waals surface area (Å²) in [6, 6.07) is 5.39. The Bertz CT molecular complexity index is 1850. The van der Waals surface area contributed by atoms with Crippen molar-refractivity contribution in [2.45, 2.75) is 59.1 Å². The van der Waals surface area contributed by atoms with Gasteiger partial charge >= 0.3 is 0 Å². The van der Waals surface area contributed by atoms with Crippen LogP contribution < -0.4 is 5.32 Å². The molecule has 2 aliphatic rings. The third kappa shape index (κ3) is 4.93. The van der Waals surface area contributed by atoms with Crippen LogP contribution in [0.15, 0.2) is 47.5 Å². The van der Waals surface area contributed by atoms with Gasteiger partial charge in [0.15, 0.2) is 11.6 Å². The summed E-state index contributed by atoms with van der Waals surface area (Å²) >= 11 is 9.51. The molecule has 1 aliphatic heterocycles. The van der Waals surface area contributed by atoms with Crippen molar-refractivity contribution in [3.63, 3.8) is 0 Å². The highest BCUT2D eigenvalue weighted by Crippen LogP contribution is 2.59. The van der Waals surface area contributed by atoms with E-state index in [1.54, 1.807) is 49.1 Å². The van der Waals surface area contributed by atoms with Gasteiger partial charge in [-0.2, -0.15) is 0 Å². The summed E-state index contributed by atoms with van der Waals surface area (Å²) in [4.78, 5) is 54.4. The number of carbonyl (C=O) groups excluding carboxylic acids is 3. The van der Waals surface area contributed by atoms with Crippen LogP contribution in [-0.2, 0) is 16.1 Å². The lowest BCUT2D eigenvalue weighted by Gasteiger charge is -2.27. The molecule has 9 nitrogen and oxygen atoms in total. The molecule has 3 atom stereocenters. The first kappa shape index (κ1) is 25.1. The number of piperidine rings is 1. The summed E-state index contributed by atoms with van der Waals surface area (Å²) in [5, 5.41) is 3.65. The topological polar surface area (TPSA) is 110 Å². The van der Waals surface area contributed by atoms with Crippen LogP contribution in [0.1, 0.15) is 51.1 Å². The van der Waals surface area contributed by atoms with Crippen LogP contribution in [-0.4, -0.2) is 54.1 Å². The molecule has 0 unspecified atom stereocenters. The summed E-state index contributed by atoms with van der Waals surface area (Å²) in [5.41, 5.74) is 2.78. The van der Waals surface area contributed by atoms with Gasteiger partial charge in [-0.3, -0.25) is 14.4 Å². The van der Waals surface area contributed by atoms with Crippen LogP contribution in [0.3, 0.4) is 0 Å². The average molecular weight is 638 g/mol. The van der Waals surface area contributed by atoms with E-state index in [0.29, 0.717) is 26.9 Å². The molecule has 0 spiro atoms. The number of rotatable bonds is 6. The Morgan fingerprint density at radius 3 is 2.63 bits per heavy atom. The first-order valence-electron chi connectivity index (χ1n) is 14.1. The summed E-state index contributed by atoms with van der Waals surface area (Å²) < 4.78 is 19.3. The summed E-state index contributed by atoms with van der Waals surface area (Å²) in [7, 11) is 0. The van der Waals surface area contributed by atoms with Crippen LogP contribution >= 0.6 is 27.5 Å². The molecule has 11 heteroatoms. The molecule has 0 bridgehead atoms. The minimum atomic E-state index is -1.64. The summed E-state index contributed by atoms with van der Waals surface area (Å²) in [6.45, 7) is 6.77. The number of nitrogens with zero attached hydrogens (tertiary/aromatic N) is 5. The monoisotopic (exact) mass is 636 g/mol. The molecule has 2 amide bonds. The van der Waals surface area contributed by atoms with Crippen molar-refractivity contribution in [1.29, 1.82) is 0 Å². The molecule has 3 aromatic heterocycles. The molecular weight excluding hydrogens is 608 g/mol. The number of carbonyl (C=O) groups is 3. The number of hydrogen-bond donors (Lipinski definition) is 1. The lowest BCUT2D eigenvalue weighted by molar-refractivity contribution is -0.138. The Hall–Kier alpha value is -3.63. The van der Waals surface area contributed by atoms with Crippen LogP contribution in [0, 0.1) is 19.3 Å². The highest BCUT2D eigenvalue weighted by atomic mass is 79.9. The molecule has 1 saturated carbocycles. The van der Waals surface area contributed by atoms with Crippen molar-refractivity contribution in [2.75, 3.05) is 5.32 Å². The average Bonchev–Trinajstić information content (AvgIpc) is 3.25. The van der Waals surface area contributed by atoms with E-state index < -0.39 is 35.7 Å². The molecular formula is C30H28BrClN6O3. The number of fused-ring (bicyclic) bond motifs is 2. The third-order valence-corrected chi connectivity index (χ3v) is 8.57. The van der Waals surface area contributed by atoms with E-state index >= 15 is 0 Å². The number of hydrogen-bond acceptors (Lipinski definition) is 6. The Kier molecular flexibility index (Phi) is 6.14. The molecule has 1 N–H and O–H groups in total. The van der Waals surface area contributed by atoms with Crippen LogP contribution in [0.5, 0.6) is 0 Å². The molecule has 2 fully saturated rings. The Morgan fingerprint density at radius 1 is 1.20 bits per heavy atom. The van der Waals surface area contributed by atoms with Gasteiger partial charge in [0.2, 0.25) is 11.8 Å². The minimum Gasteiger partial charge on any atom is -0.337 e. The number of anilines is 1. The number of aromatic nitrogens is 4. The lowest BCUT2D eigenvalue weighted by atomic mass is 10.0. The molecule has 41 heavy (non-hydrogen) atoms. The first-order valence-corrected chi connectivity index (χ1v) is 14.3. The second-order valence-electron chi connectivity index (χ2n) is 10.9. The second-order valence-corrected chi connectivity index (χ2v) is 12.1. The SMILES string of the molecule is [2H]C1([2H])[C@H]2N(C(=O)Cn3cc(C(C)=O)c4cc(-c5cnc(C)nc5)cc(C)c43)[C@H](C(=O)Nc3nc(Br)ccc3Cl)C[C@]21C. The van der Waals surface area contributed by atoms with Crippen molar-refractivity contribution in [3.8, 4) is 11.1 Å². The van der Waals surface area contributed by atoms with E-state index in [4.69, 9.17) is 14.3 Å². The van der Waals surface area contributed by atoms with Crippen molar-refractivity contribution in [3.05, 3.63) is 69.4 Å². The molecule has 4 heterocycles. The van der Waals surface area contributed by atoms with Crippen molar-refractivity contribution >= 4 is 61.8 Å². The number of likely N-dealkylation sites (tertiary alicyclic amines) is 1. The van der Waals surface area contributed by atoms with Crippen molar-refractivity contribution in [1.82, 2.24) is 24.4 Å². The van der Waals surface area contributed by atoms with Crippen LogP contribution in [0.4, 0.5) is 5.82 Å². The molecule has 6 rings (SSSR count). The van der Waals surface area contributed by atoms with Gasteiger partial charge in [0, 0.05) is 43.9 Å². The van der Waals surface area contributed by atoms with Gasteiger partial charge in [0.1, 0.15) is 23.0 Å². The van der Waals surface area contributed by atoms with Crippen LogP contribution in [0.2, 0.25) is 5.02 Å². The van der Waals surface area contributed by atoms with E-state index in [1.165, 1.54) is 11.8 Å². The van der Waals surface area contributed by atoms with Gasteiger partial charge in [-0.25, -0.2) is 15.0 Å². The number of aryl methyl sites for hydroxylation is 2. The number of Topliss-reactive ketones (excluding diaryl/α,β-unsaturated/α-hetero) is 1. The zero-order valence-corrected chi connectivity index (χ0v) is 25.2. The summed E-state index contributed by atoms with van der Waals surface area (Å²) in [6.07, 6.45) is 3.62. The van der Waals surface area contributed by atoms with E-state index in [2.05, 4.69) is 36.2 Å². The summed E-state index contributed by atoms with van der Waals surface area (Å²) in [5.74, 6) is -0.276. The highest BCUT2D eigenvalue weighted by molar-refractivity contribution is 9.10. The fraction of sp³-hybridized carbons (Fsp3) is 0.333. The molecule has 210 valence electrons. The Labute approximate surface area is 253 Å². The molecule has 1 aromatic carbocycles. The largest absolute Gasteiger partial charge is 0.337 e. The van der Waals surface area contributed by atoms with Gasteiger partial charge in [-0.15, -0.1) is 0 Å². The Balaban J connectivity index is 1.35. The van der Waals surface area contributed by atoms with Gasteiger partial charge in [-0.1, -0.05) is 18.5 Å². The zero-order chi connectivity index (χ0) is 31.0. The van der Waals surface area contributed by atoms with Gasteiger partial charge in [0.25, 0.3) is 0 Å². The highest BCUT2D eigenvalue weighted by Gasteiger charge is 2.64. The fourth-order valence-corrected chi connectivity index (χ4v) is 6.20. The second kappa shape index (κ2) is 10.0. The number of nitrogens with one attached hydrogen (secondary N) is 1. The van der Waals surface area contributed by atoms with Crippen molar-refractivity contribution < 1.29 is 17.1 Å².